The van der Waals surface area contributed by atoms with Crippen molar-refractivity contribution in [3.05, 3.63) is 133 Å². The van der Waals surface area contributed by atoms with Crippen molar-refractivity contribution in [2.75, 3.05) is 0 Å². The molecule has 1 fully saturated rings. The number of pyridine rings is 2. The van der Waals surface area contributed by atoms with E-state index in [0.717, 1.165) is 22.1 Å². The minimum Gasteiger partial charge on any atom is -0.251 e. The molecule has 10 rings (SSSR count). The summed E-state index contributed by atoms with van der Waals surface area (Å²) in [6.07, 6.45) is 6.33. The molecule has 0 amide bonds. The van der Waals surface area contributed by atoms with E-state index in [4.69, 9.17) is 9.97 Å². The highest BCUT2D eigenvalue weighted by Crippen LogP contribution is 2.44. The molecule has 0 radical (unpaired) electrons. The minimum atomic E-state index is 0.503. The second-order valence-corrected chi connectivity index (χ2v) is 13.6. The van der Waals surface area contributed by atoms with Gasteiger partial charge in [-0.2, -0.15) is 0 Å². The topological polar surface area (TPSA) is 25.8 Å². The van der Waals surface area contributed by atoms with E-state index in [-0.39, 0.29) is 0 Å². The number of rotatable bonds is 3. The van der Waals surface area contributed by atoms with E-state index in [1.54, 1.807) is 0 Å². The van der Waals surface area contributed by atoms with Crippen LogP contribution in [-0.2, 0) is 0 Å². The summed E-state index contributed by atoms with van der Waals surface area (Å²) >= 11 is 0. The van der Waals surface area contributed by atoms with Crippen LogP contribution >= 0.6 is 0 Å². The summed E-state index contributed by atoms with van der Waals surface area (Å²) in [6.45, 7) is 2.08. The first kappa shape index (κ1) is 26.8. The second kappa shape index (κ2) is 10.3. The molecule has 0 spiro atoms. The molecule has 7 aromatic carbocycles. The molecule has 224 valence electrons. The molecule has 0 unspecified atom stereocenters. The number of benzene rings is 7. The van der Waals surface area contributed by atoms with Gasteiger partial charge in [-0.15, -0.1) is 0 Å². The normalized spacial score (nSPS) is 14.4. The molecule has 0 atom stereocenters. The van der Waals surface area contributed by atoms with Gasteiger partial charge >= 0.3 is 0 Å². The lowest BCUT2D eigenvalue weighted by Crippen LogP contribution is -2.07. The molecule has 1 aliphatic carbocycles. The summed E-state index contributed by atoms with van der Waals surface area (Å²) in [5.74, 6) is 0.503. The third kappa shape index (κ3) is 4.11. The molecule has 9 aromatic rings. The molecular weight excluding hydrogens is 569 g/mol. The van der Waals surface area contributed by atoms with Crippen LogP contribution < -0.4 is 0 Å². The number of hydrogen-bond acceptors (Lipinski definition) is 2. The van der Waals surface area contributed by atoms with Gasteiger partial charge in [-0.1, -0.05) is 122 Å². The Morgan fingerprint density at radius 2 is 1.11 bits per heavy atom. The van der Waals surface area contributed by atoms with Crippen LogP contribution in [0.4, 0.5) is 0 Å². The summed E-state index contributed by atoms with van der Waals surface area (Å²) in [4.78, 5) is 10.4. The van der Waals surface area contributed by atoms with Gasteiger partial charge in [0.2, 0.25) is 0 Å². The highest BCUT2D eigenvalue weighted by molar-refractivity contribution is 6.34. The first-order chi connectivity index (χ1) is 23.2. The summed E-state index contributed by atoms with van der Waals surface area (Å²) in [5.41, 5.74) is 9.29. The maximum absolute atomic E-state index is 5.38. The van der Waals surface area contributed by atoms with Crippen molar-refractivity contribution in [2.45, 2.75) is 44.9 Å². The zero-order chi connectivity index (χ0) is 31.1. The first-order valence-corrected chi connectivity index (χ1v) is 17.1. The molecule has 0 aliphatic heterocycles. The number of nitrogens with zero attached hydrogens (tertiary/aromatic N) is 2. The van der Waals surface area contributed by atoms with Crippen molar-refractivity contribution in [1.82, 2.24) is 9.97 Å². The molecule has 47 heavy (non-hydrogen) atoms. The van der Waals surface area contributed by atoms with E-state index in [0.29, 0.717) is 5.92 Å². The fourth-order valence-electron chi connectivity index (χ4n) is 8.59. The maximum Gasteiger partial charge on any atom is 0.0974 e. The van der Waals surface area contributed by atoms with E-state index in [2.05, 4.69) is 128 Å². The maximum atomic E-state index is 5.38. The fourth-order valence-corrected chi connectivity index (χ4v) is 8.59. The average molecular weight is 603 g/mol. The Labute approximate surface area is 274 Å². The van der Waals surface area contributed by atoms with E-state index in [9.17, 15) is 0 Å². The van der Waals surface area contributed by atoms with Gasteiger partial charge in [0.05, 0.1) is 11.0 Å². The van der Waals surface area contributed by atoms with E-state index in [1.165, 1.54) is 109 Å². The Bertz CT molecular complexity index is 2630. The molecule has 2 aromatic heterocycles. The van der Waals surface area contributed by atoms with Crippen LogP contribution in [0.5, 0.6) is 0 Å². The standard InChI is InChI=1S/C45H34N2/c1-27-19-20-30-21-22-39-40(26-41(28-9-3-2-4-10-28)47-45(39)44(30)46-27)32-14-5-13-31(25-32)33-23-24-38-36-16-7-12-29-11-6-15-35(42(29)36)37-18-8-17-34(33)43(37)38/h5-8,11-26,28H,2-4,9-10H2,1H3. The van der Waals surface area contributed by atoms with Crippen LogP contribution in [0, 0.1) is 6.92 Å². The zero-order valence-corrected chi connectivity index (χ0v) is 26.6. The number of hydrogen-bond donors (Lipinski definition) is 0. The molecule has 1 saturated carbocycles. The van der Waals surface area contributed by atoms with Gasteiger partial charge in [-0.25, -0.2) is 0 Å². The second-order valence-electron chi connectivity index (χ2n) is 13.6. The largest absolute Gasteiger partial charge is 0.251 e. The fraction of sp³-hybridized carbons (Fsp3) is 0.156. The Kier molecular flexibility index (Phi) is 5.90. The molecular formula is C45H34N2. The highest BCUT2D eigenvalue weighted by atomic mass is 14.8. The summed E-state index contributed by atoms with van der Waals surface area (Å²) in [7, 11) is 0. The lowest BCUT2D eigenvalue weighted by Gasteiger charge is -2.23. The van der Waals surface area contributed by atoms with E-state index >= 15 is 0 Å². The van der Waals surface area contributed by atoms with Crippen molar-refractivity contribution in [3.63, 3.8) is 0 Å². The third-order valence-corrected chi connectivity index (χ3v) is 10.8. The smallest absolute Gasteiger partial charge is 0.0974 e. The summed E-state index contributed by atoms with van der Waals surface area (Å²) in [5, 5.41) is 13.0. The predicted octanol–water partition coefficient (Wildman–Crippen LogP) is 12.5. The molecule has 0 N–H and O–H groups in total. The Morgan fingerprint density at radius 3 is 1.91 bits per heavy atom. The molecule has 2 nitrogen and oxygen atoms in total. The van der Waals surface area contributed by atoms with Gasteiger partial charge in [0.25, 0.3) is 0 Å². The highest BCUT2D eigenvalue weighted by Gasteiger charge is 2.21. The van der Waals surface area contributed by atoms with Crippen molar-refractivity contribution < 1.29 is 0 Å². The van der Waals surface area contributed by atoms with Crippen LogP contribution in [0.3, 0.4) is 0 Å². The zero-order valence-electron chi connectivity index (χ0n) is 26.6. The molecule has 0 saturated heterocycles. The van der Waals surface area contributed by atoms with E-state index < -0.39 is 0 Å². The van der Waals surface area contributed by atoms with Gasteiger partial charge in [-0.05, 0) is 103 Å². The summed E-state index contributed by atoms with van der Waals surface area (Å²) in [6, 6.07) is 45.3. The number of aromatic nitrogens is 2. The van der Waals surface area contributed by atoms with Gasteiger partial charge < -0.3 is 0 Å². The molecule has 2 heteroatoms. The van der Waals surface area contributed by atoms with Crippen molar-refractivity contribution >= 4 is 64.9 Å². The van der Waals surface area contributed by atoms with Crippen molar-refractivity contribution in [3.8, 4) is 22.3 Å². The monoisotopic (exact) mass is 602 g/mol. The average Bonchev–Trinajstić information content (AvgIpc) is 3.13. The van der Waals surface area contributed by atoms with Gasteiger partial charge in [0, 0.05) is 28.1 Å². The van der Waals surface area contributed by atoms with Crippen molar-refractivity contribution in [2.24, 2.45) is 0 Å². The SMILES string of the molecule is Cc1ccc2ccc3c(-c4cccc(-c5ccc6c7cccc8cccc(c9cccc5c96)c87)c4)cc(C4CCCCC4)nc3c2n1. The quantitative estimate of drug-likeness (QED) is 0.148. The van der Waals surface area contributed by atoms with Crippen LogP contribution in [-0.4, -0.2) is 9.97 Å². The Hall–Kier alpha value is -5.34. The molecule has 0 bridgehead atoms. The van der Waals surface area contributed by atoms with Crippen molar-refractivity contribution in [1.29, 1.82) is 0 Å². The van der Waals surface area contributed by atoms with Gasteiger partial charge in [0.1, 0.15) is 0 Å². The molecule has 2 heterocycles. The van der Waals surface area contributed by atoms with Crippen LogP contribution in [0.2, 0.25) is 0 Å². The minimum absolute atomic E-state index is 0.503. The summed E-state index contributed by atoms with van der Waals surface area (Å²) < 4.78 is 0. The Balaban J connectivity index is 1.21. The van der Waals surface area contributed by atoms with Crippen LogP contribution in [0.15, 0.2) is 121 Å². The van der Waals surface area contributed by atoms with Gasteiger partial charge in [-0.3, -0.25) is 9.97 Å². The lowest BCUT2D eigenvalue weighted by molar-refractivity contribution is 0.437. The molecule has 1 aliphatic rings. The van der Waals surface area contributed by atoms with Crippen LogP contribution in [0.25, 0.3) is 87.1 Å². The van der Waals surface area contributed by atoms with E-state index in [1.807, 2.05) is 0 Å². The predicted molar refractivity (Wildman–Crippen MR) is 200 cm³/mol. The third-order valence-electron chi connectivity index (χ3n) is 10.8. The first-order valence-electron chi connectivity index (χ1n) is 17.1. The number of fused-ring (bicyclic) bond motifs is 5. The number of aryl methyl sites for hydroxylation is 1. The van der Waals surface area contributed by atoms with Gasteiger partial charge in [0.15, 0.2) is 0 Å². The van der Waals surface area contributed by atoms with Crippen LogP contribution in [0.1, 0.15) is 49.4 Å². The lowest BCUT2D eigenvalue weighted by atomic mass is 9.84. The Morgan fingerprint density at radius 1 is 0.468 bits per heavy atom.